The van der Waals surface area contributed by atoms with Crippen molar-refractivity contribution in [1.82, 2.24) is 5.32 Å². The average molecular weight is 1190 g/mol. The number of nitro groups is 1. The Bertz CT molecular complexity index is 2600. The van der Waals surface area contributed by atoms with Crippen LogP contribution in [0.3, 0.4) is 0 Å². The summed E-state index contributed by atoms with van der Waals surface area (Å²) in [5.41, 5.74) is -3.37. The maximum Gasteiger partial charge on any atom is 0.407 e. The Labute approximate surface area is 491 Å². The first-order chi connectivity index (χ1) is 39.6. The Hall–Kier alpha value is -4.21. The fourth-order valence-electron chi connectivity index (χ4n) is 15.8. The van der Waals surface area contributed by atoms with Gasteiger partial charge in [-0.2, -0.15) is 0 Å². The van der Waals surface area contributed by atoms with Gasteiger partial charge in [0.05, 0.1) is 75.1 Å². The number of esters is 1. The van der Waals surface area contributed by atoms with Crippen molar-refractivity contribution in [1.29, 1.82) is 0 Å². The Balaban J connectivity index is 1.01. The first-order valence-corrected chi connectivity index (χ1v) is 30.0. The molecule has 1 saturated carbocycles. The monoisotopic (exact) mass is 1190 g/mol. The van der Waals surface area contributed by atoms with E-state index < -0.39 is 185 Å². The number of carbonyl (C=O) groups excluding carboxylic acids is 3. The van der Waals surface area contributed by atoms with Crippen LogP contribution < -0.4 is 5.32 Å². The standard InChI is InChI=1S/C61H90N2O21/c1-27-14-17-42(80-47-25-59(10,63(72)73)54(35(9)79-47)62-58(71)75-13)28(2)19-37-20-36(26-64)31(5)24-61(37)56(69)48(57(70)84-61)55(68)60(11)39(27)16-15-38-49(60)29(3)18-30(4)51(38)82-46-23-43(50(67)32(6)76-46)81-44-22-41(66)53(34(8)78-44)83-45-21-40(65)52(74-12)33(7)77-45/h14-16,19-20,29-35,37-47,49-54,64-68H,17-18,21-26H2,1-13H3,(H,62,71)/b27-14?,28-19?,55-48-/t29-,30+,31-,32+,33+,34+,35+,37?,38-,39-,40+,41+,42-,43+,44-,45-,46-,47-,49+,50+,51-,52+,53+,54+,59-,60-,61+/m0/s1. The number of hydrogen-bond acceptors (Lipinski definition) is 21. The maximum absolute atomic E-state index is 15.6. The summed E-state index contributed by atoms with van der Waals surface area (Å²) >= 11 is 0. The van der Waals surface area contributed by atoms with Crippen LogP contribution in [-0.4, -0.2) is 185 Å². The van der Waals surface area contributed by atoms with Crippen molar-refractivity contribution in [2.24, 2.45) is 46.8 Å². The molecule has 1 spiro atoms. The fourth-order valence-corrected chi connectivity index (χ4v) is 15.8. The van der Waals surface area contributed by atoms with Crippen LogP contribution >= 0.6 is 0 Å². The molecule has 1 amide bonds. The van der Waals surface area contributed by atoms with Crippen LogP contribution in [0.5, 0.6) is 0 Å². The van der Waals surface area contributed by atoms with Crippen LogP contribution in [0.4, 0.5) is 4.79 Å². The summed E-state index contributed by atoms with van der Waals surface area (Å²) in [6.07, 6.45) is -3.57. The number of alkyl carbamates (subject to hydrolysis) is 1. The maximum atomic E-state index is 15.6. The van der Waals surface area contributed by atoms with Crippen molar-refractivity contribution in [3.8, 4) is 0 Å². The van der Waals surface area contributed by atoms with Gasteiger partial charge in [0, 0.05) is 67.8 Å². The van der Waals surface area contributed by atoms with E-state index in [0.29, 0.717) is 17.6 Å². The fraction of sp³-hybridized carbons (Fsp3) is 0.787. The van der Waals surface area contributed by atoms with E-state index in [9.17, 15) is 45.2 Å². The number of fused-ring (bicyclic) bond motifs is 4. The molecule has 9 aliphatic rings. The third-order valence-electron chi connectivity index (χ3n) is 20.3. The summed E-state index contributed by atoms with van der Waals surface area (Å²) < 4.78 is 68.0. The summed E-state index contributed by atoms with van der Waals surface area (Å²) in [6.45, 7) is 19.6. The Morgan fingerprint density at radius 2 is 1.38 bits per heavy atom. The summed E-state index contributed by atoms with van der Waals surface area (Å²) in [4.78, 5) is 55.1. The zero-order valence-corrected chi connectivity index (χ0v) is 50.6. The highest BCUT2D eigenvalue weighted by Crippen LogP contribution is 2.61. The normalized spacial score (nSPS) is 48.1. The number of methoxy groups -OCH3 is 2. The van der Waals surface area contributed by atoms with Crippen molar-refractivity contribution in [3.63, 3.8) is 0 Å². The smallest absolute Gasteiger partial charge is 0.407 e. The van der Waals surface area contributed by atoms with Gasteiger partial charge in [-0.1, -0.05) is 63.6 Å². The topological polar surface area (TPSA) is 309 Å². The van der Waals surface area contributed by atoms with Gasteiger partial charge < -0.3 is 83.0 Å². The quantitative estimate of drug-likeness (QED) is 0.0457. The lowest BCUT2D eigenvalue weighted by molar-refractivity contribution is -0.584. The highest BCUT2D eigenvalue weighted by molar-refractivity contribution is 6.26. The van der Waals surface area contributed by atoms with E-state index in [0.717, 1.165) is 5.57 Å². The Morgan fingerprint density at radius 1 is 0.762 bits per heavy atom. The third kappa shape index (κ3) is 11.8. The number of aliphatic hydroxyl groups excluding tert-OH is 5. The largest absolute Gasteiger partial charge is 0.511 e. The molecule has 0 aromatic heterocycles. The van der Waals surface area contributed by atoms with Gasteiger partial charge in [0.25, 0.3) is 0 Å². The second kappa shape index (κ2) is 25.1. The number of Topliss-reactive ketones (excluding diaryl/α,β-unsaturated/α-hetero) is 1. The van der Waals surface area contributed by atoms with E-state index in [1.807, 2.05) is 32.9 Å². The molecule has 5 aliphatic heterocycles. The van der Waals surface area contributed by atoms with E-state index in [1.54, 1.807) is 46.8 Å². The van der Waals surface area contributed by atoms with Crippen LogP contribution in [0.2, 0.25) is 0 Å². The molecule has 23 nitrogen and oxygen atoms in total. The predicted molar refractivity (Wildman–Crippen MR) is 298 cm³/mol. The minimum absolute atomic E-state index is 0.00457. The van der Waals surface area contributed by atoms with Gasteiger partial charge in [-0.05, 0) is 89.2 Å². The first-order valence-electron chi connectivity index (χ1n) is 30.0. The van der Waals surface area contributed by atoms with Crippen LogP contribution in [0.15, 0.2) is 58.4 Å². The molecule has 2 bridgehead atoms. The molecule has 0 aromatic carbocycles. The van der Waals surface area contributed by atoms with Gasteiger partial charge in [0.15, 0.2) is 30.8 Å². The van der Waals surface area contributed by atoms with E-state index in [2.05, 4.69) is 25.2 Å². The summed E-state index contributed by atoms with van der Waals surface area (Å²) in [6, 6.07) is -1.08. The molecule has 5 heterocycles. The van der Waals surface area contributed by atoms with Gasteiger partial charge in [-0.25, -0.2) is 9.59 Å². The predicted octanol–water partition coefficient (Wildman–Crippen LogP) is 5.57. The molecule has 9 rings (SSSR count). The van der Waals surface area contributed by atoms with Crippen molar-refractivity contribution < 1.29 is 96.9 Å². The molecule has 5 saturated heterocycles. The molecule has 0 aromatic rings. The van der Waals surface area contributed by atoms with Crippen molar-refractivity contribution in [3.05, 3.63) is 68.5 Å². The lowest BCUT2D eigenvalue weighted by Gasteiger charge is -2.56. The molecule has 6 fully saturated rings. The third-order valence-corrected chi connectivity index (χ3v) is 20.3. The second-order valence-electron chi connectivity index (χ2n) is 25.9. The number of hydrogen-bond donors (Lipinski definition) is 6. The number of aliphatic hydroxyl groups is 5. The zero-order valence-electron chi connectivity index (χ0n) is 50.6. The molecule has 1 unspecified atom stereocenters. The number of carbonyl (C=O) groups is 3. The minimum Gasteiger partial charge on any atom is -0.511 e. The number of amides is 1. The molecule has 84 heavy (non-hydrogen) atoms. The van der Waals surface area contributed by atoms with Gasteiger partial charge >= 0.3 is 12.1 Å². The van der Waals surface area contributed by atoms with E-state index >= 15 is 4.79 Å². The summed E-state index contributed by atoms with van der Waals surface area (Å²) in [7, 11) is 2.67. The second-order valence-corrected chi connectivity index (χ2v) is 25.9. The van der Waals surface area contributed by atoms with E-state index in [1.165, 1.54) is 21.1 Å². The van der Waals surface area contributed by atoms with Crippen LogP contribution in [-0.2, 0) is 61.7 Å². The van der Waals surface area contributed by atoms with E-state index in [-0.39, 0.29) is 57.0 Å². The van der Waals surface area contributed by atoms with Crippen molar-refractivity contribution >= 4 is 17.8 Å². The Morgan fingerprint density at radius 3 is 2.01 bits per heavy atom. The highest BCUT2D eigenvalue weighted by atomic mass is 16.7. The van der Waals surface area contributed by atoms with Gasteiger partial charge in [-0.15, -0.1) is 0 Å². The molecular formula is C61H90N2O21. The van der Waals surface area contributed by atoms with Crippen LogP contribution in [0.1, 0.15) is 121 Å². The number of rotatable bonds is 12. The van der Waals surface area contributed by atoms with Crippen molar-refractivity contribution in [2.75, 3.05) is 20.8 Å². The molecular weight excluding hydrogens is 1100 g/mol. The number of nitrogens with zero attached hydrogens (tertiary/aromatic N) is 1. The molecule has 27 atom stereocenters. The number of allylic oxidation sites excluding steroid dienone is 3. The lowest BCUT2D eigenvalue weighted by atomic mass is 9.49. The SMILES string of the molecule is COC(=O)N[C@@H]1[C@@H](C)O[C@@H](O[C@H]2CC=C(C)[C@@H]3C=C[C@@H]4[C@@H](O[C@H]5C[C@@H](O[C@H]6C[C@@H](O)[C@H](O[C@H]7C[C@@H](O)[C@H](OC)[C@@H](C)O7)[C@@H](C)O6)[C@H](O)[C@@H](C)O5)[C@H](C)C[C@H](C)[C@H]4[C@@]3(C)/C(O)=C3/C(=O)O[C@@]4(C[C@H](C)C(CO)=CC4C=C2C)C3=O)C[C@]1(C)[N+](=O)[O-]. The molecule has 470 valence electrons. The number of ether oxygens (including phenoxy) is 11. The summed E-state index contributed by atoms with van der Waals surface area (Å²) in [5, 5.41) is 72.9. The number of ketones is 1. The number of nitrogens with one attached hydrogen (secondary N) is 1. The molecule has 23 heteroatoms. The summed E-state index contributed by atoms with van der Waals surface area (Å²) in [5.74, 6) is -5.10. The molecule has 6 N–H and O–H groups in total. The Kier molecular flexibility index (Phi) is 19.2. The average Bonchev–Trinajstić information content (AvgIpc) is 2.80. The van der Waals surface area contributed by atoms with Gasteiger partial charge in [-0.3, -0.25) is 14.9 Å². The highest BCUT2D eigenvalue weighted by Gasteiger charge is 2.64. The molecule has 0 radical (unpaired) electrons. The first kappa shape index (κ1) is 64.3. The zero-order chi connectivity index (χ0) is 61.2. The van der Waals surface area contributed by atoms with Crippen LogP contribution in [0.25, 0.3) is 0 Å². The minimum atomic E-state index is -1.82. The van der Waals surface area contributed by atoms with Gasteiger partial charge in [0.1, 0.15) is 35.7 Å². The lowest BCUT2D eigenvalue weighted by Crippen LogP contribution is -2.65. The molecule has 4 aliphatic carbocycles. The van der Waals surface area contributed by atoms with Crippen LogP contribution in [0, 0.1) is 57.0 Å². The van der Waals surface area contributed by atoms with E-state index in [4.69, 9.17) is 52.1 Å². The van der Waals surface area contributed by atoms with Crippen molar-refractivity contribution in [2.45, 2.75) is 237 Å². The van der Waals surface area contributed by atoms with Gasteiger partial charge in [0.2, 0.25) is 11.3 Å².